The molecule has 32 heavy (non-hydrogen) atoms. The average Bonchev–Trinajstić information content (AvgIpc) is 3.04. The molecule has 1 aliphatic heterocycles. The molecule has 0 saturated carbocycles. The van der Waals surface area contributed by atoms with Crippen molar-refractivity contribution >= 4 is 57.5 Å². The third-order valence-electron chi connectivity index (χ3n) is 4.60. The van der Waals surface area contributed by atoms with Crippen molar-refractivity contribution in [2.75, 3.05) is 0 Å². The van der Waals surface area contributed by atoms with Gasteiger partial charge >= 0.3 is 5.97 Å². The van der Waals surface area contributed by atoms with Crippen LogP contribution in [0.25, 0.3) is 6.08 Å². The highest BCUT2D eigenvalue weighted by Gasteiger charge is 2.34. The van der Waals surface area contributed by atoms with Crippen LogP contribution in [0.2, 0.25) is 0 Å². The minimum atomic E-state index is -0.602. The number of ether oxygens (including phenoxy) is 1. The van der Waals surface area contributed by atoms with Crippen molar-refractivity contribution in [1.82, 2.24) is 4.90 Å². The average molecular weight is 559 g/mol. The van der Waals surface area contributed by atoms with Crippen molar-refractivity contribution in [1.29, 1.82) is 0 Å². The predicted molar refractivity (Wildman–Crippen MR) is 128 cm³/mol. The highest BCUT2D eigenvalue weighted by atomic mass is 127. The molecule has 0 N–H and O–H groups in total. The second-order valence-corrected chi connectivity index (χ2v) is 9.10. The van der Waals surface area contributed by atoms with Gasteiger partial charge in [-0.25, -0.2) is 9.18 Å². The lowest BCUT2D eigenvalue weighted by atomic mass is 10.2. The van der Waals surface area contributed by atoms with E-state index < -0.39 is 11.8 Å². The lowest BCUT2D eigenvalue weighted by Gasteiger charge is -2.12. The molecule has 0 bridgehead atoms. The summed E-state index contributed by atoms with van der Waals surface area (Å²) in [5.41, 5.74) is 1.80. The summed E-state index contributed by atoms with van der Waals surface area (Å²) >= 11 is 3.09. The van der Waals surface area contributed by atoms with Crippen molar-refractivity contribution in [3.8, 4) is 5.75 Å². The minimum Gasteiger partial charge on any atom is -0.423 e. The van der Waals surface area contributed by atoms with E-state index in [1.807, 2.05) is 24.3 Å². The maximum absolute atomic E-state index is 13.0. The van der Waals surface area contributed by atoms with Gasteiger partial charge in [-0.3, -0.25) is 14.5 Å². The summed E-state index contributed by atoms with van der Waals surface area (Å²) in [4.78, 5) is 38.7. The lowest BCUT2D eigenvalue weighted by Crippen LogP contribution is -2.27. The first-order valence-corrected chi connectivity index (χ1v) is 11.4. The Morgan fingerprint density at radius 2 is 1.62 bits per heavy atom. The maximum atomic E-state index is 13.0. The van der Waals surface area contributed by atoms with E-state index in [9.17, 15) is 18.8 Å². The summed E-state index contributed by atoms with van der Waals surface area (Å²) in [5, 5.41) is -0.315. The van der Waals surface area contributed by atoms with Gasteiger partial charge in [-0.1, -0.05) is 24.3 Å². The van der Waals surface area contributed by atoms with Gasteiger partial charge in [0.2, 0.25) is 0 Å². The molecule has 1 heterocycles. The number of thioether (sulfide) groups is 1. The fraction of sp³-hybridized carbons (Fsp3) is 0.0417. The Morgan fingerprint density at radius 3 is 2.28 bits per heavy atom. The molecule has 3 aromatic rings. The molecule has 4 rings (SSSR count). The van der Waals surface area contributed by atoms with Gasteiger partial charge in [0.25, 0.3) is 11.1 Å². The summed E-state index contributed by atoms with van der Waals surface area (Å²) in [7, 11) is 0. The summed E-state index contributed by atoms with van der Waals surface area (Å²) < 4.78 is 19.3. The monoisotopic (exact) mass is 559 g/mol. The van der Waals surface area contributed by atoms with Crippen LogP contribution in [-0.4, -0.2) is 22.0 Å². The smallest absolute Gasteiger partial charge is 0.343 e. The Labute approximate surface area is 201 Å². The molecule has 8 heteroatoms. The van der Waals surface area contributed by atoms with Crippen molar-refractivity contribution in [3.63, 3.8) is 0 Å². The second-order valence-electron chi connectivity index (χ2n) is 6.86. The molecule has 3 aromatic carbocycles. The maximum Gasteiger partial charge on any atom is 0.343 e. The van der Waals surface area contributed by atoms with Gasteiger partial charge in [-0.2, -0.15) is 0 Å². The van der Waals surface area contributed by atoms with Crippen molar-refractivity contribution in [3.05, 3.63) is 104 Å². The molecule has 2 amide bonds. The van der Waals surface area contributed by atoms with Crippen LogP contribution in [0, 0.1) is 9.39 Å². The van der Waals surface area contributed by atoms with Gasteiger partial charge in [-0.05, 0) is 100 Å². The first-order valence-electron chi connectivity index (χ1n) is 9.47. The number of carbonyl (C=O) groups is 3. The van der Waals surface area contributed by atoms with Crippen LogP contribution >= 0.6 is 34.4 Å². The third kappa shape index (κ3) is 5.25. The van der Waals surface area contributed by atoms with Crippen molar-refractivity contribution in [2.45, 2.75) is 6.54 Å². The fourth-order valence-electron chi connectivity index (χ4n) is 2.94. The second kappa shape index (κ2) is 9.66. The zero-order chi connectivity index (χ0) is 22.7. The predicted octanol–water partition coefficient (Wildman–Crippen LogP) is 5.89. The first-order chi connectivity index (χ1) is 15.4. The molecule has 160 valence electrons. The molecule has 0 aromatic heterocycles. The largest absolute Gasteiger partial charge is 0.423 e. The van der Waals surface area contributed by atoms with Gasteiger partial charge in [0, 0.05) is 3.57 Å². The Balaban J connectivity index is 1.42. The summed E-state index contributed by atoms with van der Waals surface area (Å²) in [6.07, 6.45) is 1.63. The van der Waals surface area contributed by atoms with E-state index in [1.165, 1.54) is 29.2 Å². The summed E-state index contributed by atoms with van der Waals surface area (Å²) in [5.74, 6) is -1.07. The Kier molecular flexibility index (Phi) is 6.71. The molecule has 1 fully saturated rings. The quantitative estimate of drug-likeness (QED) is 0.169. The van der Waals surface area contributed by atoms with Crippen LogP contribution in [0.3, 0.4) is 0 Å². The molecule has 0 unspecified atom stereocenters. The number of benzene rings is 3. The zero-order valence-electron chi connectivity index (χ0n) is 16.5. The van der Waals surface area contributed by atoms with E-state index in [0.717, 1.165) is 20.9 Å². The molecule has 0 aliphatic carbocycles. The molecule has 0 radical (unpaired) electrons. The summed E-state index contributed by atoms with van der Waals surface area (Å²) in [6.45, 7) is 0.219. The third-order valence-corrected chi connectivity index (χ3v) is 6.22. The number of rotatable bonds is 5. The van der Waals surface area contributed by atoms with Crippen molar-refractivity contribution < 1.29 is 23.5 Å². The Morgan fingerprint density at radius 1 is 0.969 bits per heavy atom. The molecule has 1 aliphatic rings. The molecular weight excluding hydrogens is 544 g/mol. The zero-order valence-corrected chi connectivity index (χ0v) is 19.4. The van der Waals surface area contributed by atoms with Gasteiger partial charge in [0.1, 0.15) is 11.6 Å². The van der Waals surface area contributed by atoms with Crippen molar-refractivity contribution in [2.24, 2.45) is 0 Å². The van der Waals surface area contributed by atoms with Crippen LogP contribution in [0.5, 0.6) is 5.75 Å². The number of carbonyl (C=O) groups excluding carboxylic acids is 3. The van der Waals surface area contributed by atoms with Crippen LogP contribution in [0.15, 0.2) is 77.7 Å². The number of hydrogen-bond donors (Lipinski definition) is 0. The van der Waals surface area contributed by atoms with Crippen LogP contribution in [0.4, 0.5) is 9.18 Å². The number of nitrogens with zero attached hydrogens (tertiary/aromatic N) is 1. The van der Waals surface area contributed by atoms with E-state index in [4.69, 9.17) is 4.74 Å². The molecule has 0 atom stereocenters. The van der Waals surface area contributed by atoms with Crippen LogP contribution < -0.4 is 4.74 Å². The van der Waals surface area contributed by atoms with E-state index in [2.05, 4.69) is 22.6 Å². The summed E-state index contributed by atoms with van der Waals surface area (Å²) in [6, 6.07) is 19.2. The van der Waals surface area contributed by atoms with Gasteiger partial charge in [-0.15, -0.1) is 0 Å². The van der Waals surface area contributed by atoms with Gasteiger partial charge in [0.15, 0.2) is 0 Å². The Bertz CT molecular complexity index is 1210. The van der Waals surface area contributed by atoms with Crippen LogP contribution in [-0.2, 0) is 11.3 Å². The van der Waals surface area contributed by atoms with E-state index in [-0.39, 0.29) is 23.3 Å². The number of halogens is 2. The number of hydrogen-bond acceptors (Lipinski definition) is 5. The van der Waals surface area contributed by atoms with Gasteiger partial charge in [0.05, 0.1) is 17.0 Å². The van der Waals surface area contributed by atoms with E-state index in [0.29, 0.717) is 16.2 Å². The lowest BCUT2D eigenvalue weighted by molar-refractivity contribution is -0.123. The number of amides is 2. The number of esters is 1. The standard InChI is InChI=1S/C24H15FINO4S/c25-18-7-5-17(6-8-18)23(29)31-20-11-3-15(4-12-20)13-21-22(28)27(24(30)32-21)14-16-1-9-19(26)10-2-16/h1-13H,14H2/b21-13-. The molecular formula is C24H15FINO4S. The molecule has 5 nitrogen and oxygen atoms in total. The molecule has 1 saturated heterocycles. The first kappa shape index (κ1) is 22.2. The Hall–Kier alpha value is -2.98. The number of imide groups is 1. The molecule has 0 spiro atoms. The van der Waals surface area contributed by atoms with E-state index >= 15 is 0 Å². The normalized spacial score (nSPS) is 14.8. The fourth-order valence-corrected chi connectivity index (χ4v) is 4.14. The van der Waals surface area contributed by atoms with Crippen LogP contribution in [0.1, 0.15) is 21.5 Å². The minimum absolute atomic E-state index is 0.219. The SMILES string of the molecule is O=C(Oc1ccc(/C=C2\SC(=O)N(Cc3ccc(I)cc3)C2=O)cc1)c1ccc(F)cc1. The van der Waals surface area contributed by atoms with Gasteiger partial charge < -0.3 is 4.74 Å². The highest BCUT2D eigenvalue weighted by molar-refractivity contribution is 14.1. The topological polar surface area (TPSA) is 63.7 Å². The highest BCUT2D eigenvalue weighted by Crippen LogP contribution is 2.33. The van der Waals surface area contributed by atoms with E-state index in [1.54, 1.807) is 30.3 Å².